The summed E-state index contributed by atoms with van der Waals surface area (Å²) in [6, 6.07) is 0. The quantitative estimate of drug-likeness (QED) is 0.573. The molecular formula is C10H25N. The standard InChI is InChI=1S/C6H13N.2C2H6/c1-6-3-2-4-7-5-6;2*1-2/h6-7H,2-5H2,1H3;2*1-2H3. The molecule has 0 aromatic heterocycles. The summed E-state index contributed by atoms with van der Waals surface area (Å²) in [7, 11) is 0. The number of hydrogen-bond acceptors (Lipinski definition) is 1. The van der Waals surface area contributed by atoms with Gasteiger partial charge in [-0.25, -0.2) is 0 Å². The Hall–Kier alpha value is -0.0400. The van der Waals surface area contributed by atoms with Gasteiger partial charge in [0.15, 0.2) is 0 Å². The van der Waals surface area contributed by atoms with Gasteiger partial charge in [0.1, 0.15) is 0 Å². The Morgan fingerprint density at radius 2 is 1.64 bits per heavy atom. The minimum atomic E-state index is 0.925. The third-order valence-corrected chi connectivity index (χ3v) is 1.54. The van der Waals surface area contributed by atoms with Crippen LogP contribution in [0.3, 0.4) is 0 Å². The SMILES string of the molecule is CC.CC.CC1CCCNC1. The lowest BCUT2D eigenvalue weighted by Crippen LogP contribution is -2.27. The van der Waals surface area contributed by atoms with Gasteiger partial charge in [-0.1, -0.05) is 34.6 Å². The molecule has 1 N–H and O–H groups in total. The van der Waals surface area contributed by atoms with E-state index >= 15 is 0 Å². The van der Waals surface area contributed by atoms with E-state index in [1.54, 1.807) is 0 Å². The van der Waals surface area contributed by atoms with Gasteiger partial charge < -0.3 is 5.32 Å². The molecule has 1 atom stereocenters. The molecule has 1 fully saturated rings. The summed E-state index contributed by atoms with van der Waals surface area (Å²) in [5.41, 5.74) is 0. The van der Waals surface area contributed by atoms with Crippen molar-refractivity contribution >= 4 is 0 Å². The summed E-state index contributed by atoms with van der Waals surface area (Å²) in [5.74, 6) is 0.925. The smallest absolute Gasteiger partial charge is 0.00231 e. The molecule has 1 rings (SSSR count). The molecule has 0 aromatic rings. The normalized spacial score (nSPS) is 22.1. The van der Waals surface area contributed by atoms with Crippen LogP contribution >= 0.6 is 0 Å². The zero-order valence-corrected chi connectivity index (χ0v) is 8.91. The molecule has 0 spiro atoms. The second-order valence-electron chi connectivity index (χ2n) is 2.45. The first-order valence-corrected chi connectivity index (χ1v) is 5.10. The number of rotatable bonds is 0. The van der Waals surface area contributed by atoms with Crippen molar-refractivity contribution in [3.63, 3.8) is 0 Å². The van der Waals surface area contributed by atoms with Gasteiger partial charge in [0.2, 0.25) is 0 Å². The third kappa shape index (κ3) is 9.96. The topological polar surface area (TPSA) is 12.0 Å². The summed E-state index contributed by atoms with van der Waals surface area (Å²) in [5, 5.41) is 3.33. The number of hydrogen-bond donors (Lipinski definition) is 1. The van der Waals surface area contributed by atoms with Crippen LogP contribution < -0.4 is 5.32 Å². The van der Waals surface area contributed by atoms with Gasteiger partial charge in [-0.15, -0.1) is 0 Å². The summed E-state index contributed by atoms with van der Waals surface area (Å²) >= 11 is 0. The van der Waals surface area contributed by atoms with Crippen LogP contribution in [0.1, 0.15) is 47.5 Å². The molecule has 1 saturated heterocycles. The molecule has 1 heteroatoms. The van der Waals surface area contributed by atoms with Crippen LogP contribution in [0.4, 0.5) is 0 Å². The van der Waals surface area contributed by atoms with E-state index in [2.05, 4.69) is 12.2 Å². The molecule has 11 heavy (non-hydrogen) atoms. The molecule has 1 unspecified atom stereocenters. The Balaban J connectivity index is 0. The second kappa shape index (κ2) is 12.6. The predicted octanol–water partition coefficient (Wildman–Crippen LogP) is 3.06. The maximum Gasteiger partial charge on any atom is -0.00231 e. The van der Waals surface area contributed by atoms with Gasteiger partial charge in [0, 0.05) is 0 Å². The predicted molar refractivity (Wildman–Crippen MR) is 54.0 cm³/mol. The van der Waals surface area contributed by atoms with E-state index in [-0.39, 0.29) is 0 Å². The molecule has 70 valence electrons. The van der Waals surface area contributed by atoms with Crippen molar-refractivity contribution in [3.8, 4) is 0 Å². The van der Waals surface area contributed by atoms with Crippen LogP contribution in [0.15, 0.2) is 0 Å². The summed E-state index contributed by atoms with van der Waals surface area (Å²) in [4.78, 5) is 0. The van der Waals surface area contributed by atoms with Crippen molar-refractivity contribution in [1.29, 1.82) is 0 Å². The van der Waals surface area contributed by atoms with Gasteiger partial charge >= 0.3 is 0 Å². The maximum atomic E-state index is 3.33. The highest BCUT2D eigenvalue weighted by Gasteiger charge is 2.04. The van der Waals surface area contributed by atoms with E-state index in [0.717, 1.165) is 5.92 Å². The van der Waals surface area contributed by atoms with Crippen molar-refractivity contribution < 1.29 is 0 Å². The third-order valence-electron chi connectivity index (χ3n) is 1.54. The van der Waals surface area contributed by atoms with Crippen LogP contribution in [0.2, 0.25) is 0 Å². The molecule has 0 aromatic carbocycles. The van der Waals surface area contributed by atoms with Crippen molar-refractivity contribution in [3.05, 3.63) is 0 Å². The number of nitrogens with one attached hydrogen (secondary N) is 1. The van der Waals surface area contributed by atoms with Gasteiger partial charge in [-0.2, -0.15) is 0 Å². The zero-order chi connectivity index (χ0) is 9.11. The fraction of sp³-hybridized carbons (Fsp3) is 1.00. The van der Waals surface area contributed by atoms with E-state index in [1.807, 2.05) is 27.7 Å². The highest BCUT2D eigenvalue weighted by Crippen LogP contribution is 2.06. The fourth-order valence-electron chi connectivity index (χ4n) is 1.03. The molecular weight excluding hydrogens is 134 g/mol. The molecule has 1 nitrogen and oxygen atoms in total. The van der Waals surface area contributed by atoms with Crippen molar-refractivity contribution in [2.24, 2.45) is 5.92 Å². The van der Waals surface area contributed by atoms with Crippen LogP contribution in [0.25, 0.3) is 0 Å². The summed E-state index contributed by atoms with van der Waals surface area (Å²) in [6.45, 7) is 12.8. The Morgan fingerprint density at radius 1 is 1.09 bits per heavy atom. The average Bonchev–Trinajstić information content (AvgIpc) is 2.13. The van der Waals surface area contributed by atoms with E-state index in [1.165, 1.54) is 25.9 Å². The van der Waals surface area contributed by atoms with Crippen molar-refractivity contribution in [1.82, 2.24) is 5.32 Å². The van der Waals surface area contributed by atoms with Gasteiger partial charge in [0.05, 0.1) is 0 Å². The van der Waals surface area contributed by atoms with Crippen LogP contribution in [-0.2, 0) is 0 Å². The largest absolute Gasteiger partial charge is 0.316 e. The first kappa shape index (κ1) is 13.5. The number of piperidine rings is 1. The molecule has 0 radical (unpaired) electrons. The highest BCUT2D eigenvalue weighted by atomic mass is 14.9. The van der Waals surface area contributed by atoms with E-state index in [9.17, 15) is 0 Å². The van der Waals surface area contributed by atoms with Crippen LogP contribution in [0, 0.1) is 5.92 Å². The van der Waals surface area contributed by atoms with Gasteiger partial charge in [0.25, 0.3) is 0 Å². The van der Waals surface area contributed by atoms with E-state index in [4.69, 9.17) is 0 Å². The average molecular weight is 159 g/mol. The molecule has 0 amide bonds. The van der Waals surface area contributed by atoms with Crippen LogP contribution in [0.5, 0.6) is 0 Å². The Labute approximate surface area is 72.6 Å². The molecule has 0 bridgehead atoms. The first-order chi connectivity index (χ1) is 5.39. The van der Waals surface area contributed by atoms with E-state index < -0.39 is 0 Å². The van der Waals surface area contributed by atoms with Gasteiger partial charge in [-0.3, -0.25) is 0 Å². The fourth-order valence-corrected chi connectivity index (χ4v) is 1.03. The molecule has 0 aliphatic carbocycles. The Bertz CT molecular complexity index is 46.8. The maximum absolute atomic E-state index is 3.33. The lowest BCUT2D eigenvalue weighted by molar-refractivity contribution is 0.405. The van der Waals surface area contributed by atoms with Crippen molar-refractivity contribution in [2.75, 3.05) is 13.1 Å². The Morgan fingerprint density at radius 3 is 1.82 bits per heavy atom. The lowest BCUT2D eigenvalue weighted by Gasteiger charge is -2.17. The second-order valence-corrected chi connectivity index (χ2v) is 2.45. The lowest BCUT2D eigenvalue weighted by atomic mass is 10.0. The molecule has 1 heterocycles. The summed E-state index contributed by atoms with van der Waals surface area (Å²) in [6.07, 6.45) is 2.80. The highest BCUT2D eigenvalue weighted by molar-refractivity contribution is 4.63. The molecule has 0 saturated carbocycles. The van der Waals surface area contributed by atoms with Crippen molar-refractivity contribution in [2.45, 2.75) is 47.5 Å². The van der Waals surface area contributed by atoms with Gasteiger partial charge in [-0.05, 0) is 31.8 Å². The minimum absolute atomic E-state index is 0.925. The summed E-state index contributed by atoms with van der Waals surface area (Å²) < 4.78 is 0. The zero-order valence-electron chi connectivity index (χ0n) is 8.91. The van der Waals surface area contributed by atoms with Crippen LogP contribution in [-0.4, -0.2) is 13.1 Å². The monoisotopic (exact) mass is 159 g/mol. The first-order valence-electron chi connectivity index (χ1n) is 5.10. The molecule has 1 aliphatic rings. The van der Waals surface area contributed by atoms with E-state index in [0.29, 0.717) is 0 Å². The minimum Gasteiger partial charge on any atom is -0.316 e. The Kier molecular flexibility index (Phi) is 15.5. The molecule has 1 aliphatic heterocycles.